The lowest BCUT2D eigenvalue weighted by Gasteiger charge is -2.09. The van der Waals surface area contributed by atoms with Crippen molar-refractivity contribution in [3.8, 4) is 5.88 Å². The fourth-order valence-electron chi connectivity index (χ4n) is 1.16. The van der Waals surface area contributed by atoms with E-state index in [0.717, 1.165) is 30.7 Å². The van der Waals surface area contributed by atoms with Crippen LogP contribution in [0.2, 0.25) is 0 Å². The van der Waals surface area contributed by atoms with Gasteiger partial charge in [-0.2, -0.15) is 0 Å². The van der Waals surface area contributed by atoms with E-state index in [1.54, 1.807) is 0 Å². The average molecular weight is 194 g/mol. The van der Waals surface area contributed by atoms with Crippen LogP contribution in [0.15, 0.2) is 12.1 Å². The normalized spacial score (nSPS) is 10.2. The Morgan fingerprint density at radius 1 is 1.43 bits per heavy atom. The lowest BCUT2D eigenvalue weighted by Crippen LogP contribution is -2.06. The van der Waals surface area contributed by atoms with Crippen molar-refractivity contribution in [1.29, 1.82) is 0 Å². The number of nitrogens with zero attached hydrogens (tertiary/aromatic N) is 1. The van der Waals surface area contributed by atoms with Crippen LogP contribution < -0.4 is 10.5 Å². The molecule has 0 aliphatic heterocycles. The van der Waals surface area contributed by atoms with Crippen LogP contribution >= 0.6 is 0 Å². The summed E-state index contributed by atoms with van der Waals surface area (Å²) in [6.45, 7) is 5.29. The number of aromatic nitrogens is 1. The molecule has 2 N–H and O–H groups in total. The first-order valence-electron chi connectivity index (χ1n) is 5.07. The molecule has 0 radical (unpaired) electrons. The molecule has 0 spiro atoms. The van der Waals surface area contributed by atoms with Gasteiger partial charge in [0.2, 0.25) is 5.88 Å². The molecule has 78 valence electrons. The van der Waals surface area contributed by atoms with Gasteiger partial charge in [0, 0.05) is 17.8 Å². The lowest BCUT2D eigenvalue weighted by molar-refractivity contribution is 0.294. The molecule has 0 saturated carbocycles. The number of nitrogens with two attached hydrogens (primary N) is 1. The Morgan fingerprint density at radius 2 is 2.21 bits per heavy atom. The van der Waals surface area contributed by atoms with Gasteiger partial charge in [0.25, 0.3) is 0 Å². The summed E-state index contributed by atoms with van der Waals surface area (Å²) >= 11 is 0. The molecule has 3 heteroatoms. The van der Waals surface area contributed by atoms with E-state index in [2.05, 4.69) is 11.9 Å². The molecule has 3 nitrogen and oxygen atoms in total. The largest absolute Gasteiger partial charge is 0.477 e. The monoisotopic (exact) mass is 194 g/mol. The van der Waals surface area contributed by atoms with Crippen LogP contribution in [-0.2, 0) is 6.54 Å². The third-order valence-electron chi connectivity index (χ3n) is 2.03. The first-order chi connectivity index (χ1) is 6.77. The zero-order valence-electron chi connectivity index (χ0n) is 8.92. The number of unbranched alkanes of at least 4 members (excludes halogenated alkanes) is 1. The molecule has 1 rings (SSSR count). The second-order valence-corrected chi connectivity index (χ2v) is 3.32. The van der Waals surface area contributed by atoms with E-state index in [1.165, 1.54) is 0 Å². The number of pyridine rings is 1. The molecule has 0 aliphatic rings. The van der Waals surface area contributed by atoms with Gasteiger partial charge in [-0.3, -0.25) is 0 Å². The van der Waals surface area contributed by atoms with Gasteiger partial charge in [0.05, 0.1) is 6.61 Å². The highest BCUT2D eigenvalue weighted by molar-refractivity contribution is 5.27. The molecular weight excluding hydrogens is 176 g/mol. The van der Waals surface area contributed by atoms with Crippen LogP contribution in [0.4, 0.5) is 0 Å². The maximum atomic E-state index is 5.58. The summed E-state index contributed by atoms with van der Waals surface area (Å²) in [7, 11) is 0. The summed E-state index contributed by atoms with van der Waals surface area (Å²) < 4.78 is 5.56. The molecule has 14 heavy (non-hydrogen) atoms. The van der Waals surface area contributed by atoms with Gasteiger partial charge in [-0.1, -0.05) is 19.4 Å². The Morgan fingerprint density at radius 3 is 2.86 bits per heavy atom. The number of hydrogen-bond acceptors (Lipinski definition) is 3. The van der Waals surface area contributed by atoms with E-state index in [4.69, 9.17) is 10.5 Å². The van der Waals surface area contributed by atoms with Crippen LogP contribution in [-0.4, -0.2) is 11.6 Å². The molecule has 0 saturated heterocycles. The number of ether oxygens (including phenoxy) is 1. The minimum Gasteiger partial charge on any atom is -0.477 e. The molecule has 0 bridgehead atoms. The molecule has 0 atom stereocenters. The Labute approximate surface area is 85.3 Å². The van der Waals surface area contributed by atoms with Crippen molar-refractivity contribution in [2.24, 2.45) is 5.73 Å². The average Bonchev–Trinajstić information content (AvgIpc) is 2.19. The van der Waals surface area contributed by atoms with E-state index >= 15 is 0 Å². The summed E-state index contributed by atoms with van der Waals surface area (Å²) in [6.07, 6.45) is 2.18. The topological polar surface area (TPSA) is 48.1 Å². The zero-order chi connectivity index (χ0) is 10.4. The first-order valence-corrected chi connectivity index (χ1v) is 5.07. The number of hydrogen-bond donors (Lipinski definition) is 1. The summed E-state index contributed by atoms with van der Waals surface area (Å²) in [5, 5.41) is 0. The van der Waals surface area contributed by atoms with Gasteiger partial charge in [0.1, 0.15) is 0 Å². The lowest BCUT2D eigenvalue weighted by atomic mass is 10.2. The van der Waals surface area contributed by atoms with Gasteiger partial charge in [-0.25, -0.2) is 4.98 Å². The molecule has 0 aliphatic carbocycles. The third kappa shape index (κ3) is 3.00. The Hall–Kier alpha value is -1.09. The molecule has 1 aromatic heterocycles. The highest BCUT2D eigenvalue weighted by Crippen LogP contribution is 2.15. The van der Waals surface area contributed by atoms with E-state index in [0.29, 0.717) is 12.4 Å². The van der Waals surface area contributed by atoms with E-state index in [9.17, 15) is 0 Å². The van der Waals surface area contributed by atoms with Gasteiger partial charge >= 0.3 is 0 Å². The van der Waals surface area contributed by atoms with Crippen LogP contribution in [0.3, 0.4) is 0 Å². The molecule has 1 aromatic rings. The predicted octanol–water partition coefficient (Wildman–Crippen LogP) is 2.03. The molecular formula is C11H18N2O. The van der Waals surface area contributed by atoms with Crippen LogP contribution in [0.25, 0.3) is 0 Å². The maximum Gasteiger partial charge on any atom is 0.218 e. The fraction of sp³-hybridized carbons (Fsp3) is 0.545. The smallest absolute Gasteiger partial charge is 0.218 e. The SMILES string of the molecule is CCCCOc1nc(C)ccc1CN. The maximum absolute atomic E-state index is 5.58. The highest BCUT2D eigenvalue weighted by atomic mass is 16.5. The Balaban J connectivity index is 2.67. The molecule has 1 heterocycles. The van der Waals surface area contributed by atoms with Crippen LogP contribution in [0.5, 0.6) is 5.88 Å². The summed E-state index contributed by atoms with van der Waals surface area (Å²) in [5.74, 6) is 0.695. The minimum atomic E-state index is 0.481. The highest BCUT2D eigenvalue weighted by Gasteiger charge is 2.03. The molecule has 0 amide bonds. The van der Waals surface area contributed by atoms with Crippen molar-refractivity contribution < 1.29 is 4.74 Å². The summed E-state index contributed by atoms with van der Waals surface area (Å²) in [6, 6.07) is 3.93. The molecule has 0 aromatic carbocycles. The molecule has 0 unspecified atom stereocenters. The van der Waals surface area contributed by atoms with E-state index in [1.807, 2.05) is 19.1 Å². The van der Waals surface area contributed by atoms with Crippen molar-refractivity contribution in [3.63, 3.8) is 0 Å². The summed E-state index contributed by atoms with van der Waals surface area (Å²) in [5.41, 5.74) is 7.53. The predicted molar refractivity (Wildman–Crippen MR) is 57.3 cm³/mol. The standard InChI is InChI=1S/C11H18N2O/c1-3-4-7-14-11-10(8-12)6-5-9(2)13-11/h5-6H,3-4,7-8,12H2,1-2H3. The van der Waals surface area contributed by atoms with Gasteiger partial charge < -0.3 is 10.5 Å². The van der Waals surface area contributed by atoms with E-state index in [-0.39, 0.29) is 0 Å². The van der Waals surface area contributed by atoms with Crippen molar-refractivity contribution >= 4 is 0 Å². The third-order valence-corrected chi connectivity index (χ3v) is 2.03. The van der Waals surface area contributed by atoms with Crippen molar-refractivity contribution in [2.45, 2.75) is 33.2 Å². The van der Waals surface area contributed by atoms with Gasteiger partial charge in [0.15, 0.2) is 0 Å². The first kappa shape index (κ1) is 11.0. The van der Waals surface area contributed by atoms with Gasteiger partial charge in [-0.15, -0.1) is 0 Å². The Kier molecular flexibility index (Phi) is 4.40. The van der Waals surface area contributed by atoms with E-state index < -0.39 is 0 Å². The van der Waals surface area contributed by atoms with Crippen molar-refractivity contribution in [1.82, 2.24) is 4.98 Å². The number of aryl methyl sites for hydroxylation is 1. The van der Waals surface area contributed by atoms with Crippen LogP contribution in [0, 0.1) is 6.92 Å². The second-order valence-electron chi connectivity index (χ2n) is 3.32. The Bertz CT molecular complexity index is 287. The fourth-order valence-corrected chi connectivity index (χ4v) is 1.16. The summed E-state index contributed by atoms with van der Waals surface area (Å²) in [4.78, 5) is 4.31. The quantitative estimate of drug-likeness (QED) is 0.729. The van der Waals surface area contributed by atoms with Crippen molar-refractivity contribution in [2.75, 3.05) is 6.61 Å². The van der Waals surface area contributed by atoms with Crippen LogP contribution in [0.1, 0.15) is 31.0 Å². The number of rotatable bonds is 5. The van der Waals surface area contributed by atoms with Gasteiger partial charge in [-0.05, 0) is 19.4 Å². The molecule has 0 fully saturated rings. The second kappa shape index (κ2) is 5.60. The van der Waals surface area contributed by atoms with Crippen molar-refractivity contribution in [3.05, 3.63) is 23.4 Å². The zero-order valence-corrected chi connectivity index (χ0v) is 8.92. The minimum absolute atomic E-state index is 0.481.